The second-order valence-corrected chi connectivity index (χ2v) is 5.83. The summed E-state index contributed by atoms with van der Waals surface area (Å²) in [5.74, 6) is 2.39. The molecule has 0 aliphatic carbocycles. The Labute approximate surface area is 145 Å². The number of anilines is 2. The van der Waals surface area contributed by atoms with Crippen LogP contribution in [0.2, 0.25) is 0 Å². The third kappa shape index (κ3) is 2.20. The Morgan fingerprint density at radius 3 is 2.56 bits per heavy atom. The fourth-order valence-electron chi connectivity index (χ4n) is 3.22. The largest absolute Gasteiger partial charge is 0.496 e. The maximum atomic E-state index is 5.51. The van der Waals surface area contributed by atoms with Crippen molar-refractivity contribution in [1.29, 1.82) is 0 Å². The molecule has 25 heavy (non-hydrogen) atoms. The molecule has 1 N–H and O–H groups in total. The number of methoxy groups -OCH3 is 1. The van der Waals surface area contributed by atoms with Crippen molar-refractivity contribution >= 4 is 33.4 Å². The average molecular weight is 336 g/mol. The predicted molar refractivity (Wildman–Crippen MR) is 100 cm³/mol. The highest BCUT2D eigenvalue weighted by molar-refractivity contribution is 5.97. The lowest BCUT2D eigenvalue weighted by molar-refractivity contribution is 0.420. The number of aromatic nitrogens is 4. The molecule has 0 unspecified atom stereocenters. The quantitative estimate of drug-likeness (QED) is 0.621. The van der Waals surface area contributed by atoms with Gasteiger partial charge in [0.2, 0.25) is 0 Å². The number of fused-ring (bicyclic) bond motifs is 2. The molecule has 2 aromatic carbocycles. The van der Waals surface area contributed by atoms with Crippen LogP contribution >= 0.6 is 0 Å². The van der Waals surface area contributed by atoms with Crippen LogP contribution in [0.3, 0.4) is 0 Å². The van der Waals surface area contributed by atoms with Gasteiger partial charge in [-0.3, -0.25) is 4.68 Å². The summed E-state index contributed by atoms with van der Waals surface area (Å²) >= 11 is 0. The van der Waals surface area contributed by atoms with E-state index in [4.69, 9.17) is 9.84 Å². The second-order valence-electron chi connectivity index (χ2n) is 5.83. The van der Waals surface area contributed by atoms with Crippen LogP contribution in [-0.4, -0.2) is 40.9 Å². The molecule has 7 heteroatoms. The van der Waals surface area contributed by atoms with Gasteiger partial charge >= 0.3 is 0 Å². The molecule has 0 aliphatic heterocycles. The summed E-state index contributed by atoms with van der Waals surface area (Å²) < 4.78 is 7.39. The first kappa shape index (κ1) is 15.3. The minimum atomic E-state index is 0.763. The molecule has 0 aliphatic rings. The number of aryl methyl sites for hydroxylation is 1. The van der Waals surface area contributed by atoms with Gasteiger partial charge in [0.05, 0.1) is 23.5 Å². The number of hydrogen-bond donors (Lipinski definition) is 1. The zero-order valence-electron chi connectivity index (χ0n) is 14.7. The molecule has 0 atom stereocenters. The zero-order valence-corrected chi connectivity index (χ0v) is 14.7. The third-order valence-electron chi connectivity index (χ3n) is 4.44. The molecule has 0 fully saturated rings. The van der Waals surface area contributed by atoms with Crippen molar-refractivity contribution in [1.82, 2.24) is 19.7 Å². The number of nitrogens with zero attached hydrogens (tertiary/aromatic N) is 5. The smallest absolute Gasteiger partial charge is 0.178 e. The molecule has 7 nitrogen and oxygen atoms in total. The van der Waals surface area contributed by atoms with E-state index in [0.717, 1.165) is 39.2 Å². The van der Waals surface area contributed by atoms with E-state index >= 15 is 0 Å². The maximum absolute atomic E-state index is 5.51. The molecule has 2 heterocycles. The number of nitrogens with one attached hydrogen (secondary N) is 1. The van der Waals surface area contributed by atoms with Gasteiger partial charge in [0.15, 0.2) is 11.6 Å². The van der Waals surface area contributed by atoms with Crippen molar-refractivity contribution in [2.45, 2.75) is 0 Å². The molecule has 0 bridgehead atoms. The maximum Gasteiger partial charge on any atom is 0.178 e. The van der Waals surface area contributed by atoms with Crippen molar-refractivity contribution in [3.05, 3.63) is 42.5 Å². The zero-order chi connectivity index (χ0) is 17.6. The molecule has 0 saturated heterocycles. The fourth-order valence-corrected chi connectivity index (χ4v) is 3.22. The molecule has 0 spiro atoms. The van der Waals surface area contributed by atoms with Crippen molar-refractivity contribution in [2.24, 2.45) is 7.05 Å². The molecule has 4 aromatic rings. The van der Waals surface area contributed by atoms with Crippen LogP contribution in [0.25, 0.3) is 21.8 Å². The molecule has 2 aromatic heterocycles. The monoisotopic (exact) mass is 336 g/mol. The van der Waals surface area contributed by atoms with Gasteiger partial charge in [-0.2, -0.15) is 9.89 Å². The number of rotatable bonds is 4. The van der Waals surface area contributed by atoms with Gasteiger partial charge in [0.25, 0.3) is 0 Å². The van der Waals surface area contributed by atoms with Crippen LogP contribution < -0.4 is 15.1 Å². The summed E-state index contributed by atoms with van der Waals surface area (Å²) in [5, 5.41) is 16.5. The Balaban J connectivity index is 1.95. The lowest BCUT2D eigenvalue weighted by atomic mass is 10.2. The Morgan fingerprint density at radius 2 is 1.80 bits per heavy atom. The molecule has 0 amide bonds. The molecular weight excluding hydrogens is 316 g/mol. The third-order valence-corrected chi connectivity index (χ3v) is 4.44. The van der Waals surface area contributed by atoms with E-state index in [1.807, 2.05) is 66.0 Å². The van der Waals surface area contributed by atoms with Crippen molar-refractivity contribution in [2.75, 3.05) is 31.5 Å². The minimum absolute atomic E-state index is 0.763. The molecule has 4 rings (SSSR count). The van der Waals surface area contributed by atoms with Gasteiger partial charge in [0.1, 0.15) is 5.75 Å². The van der Waals surface area contributed by atoms with Crippen LogP contribution in [0.15, 0.2) is 42.5 Å². The summed E-state index contributed by atoms with van der Waals surface area (Å²) in [6.07, 6.45) is 0. The van der Waals surface area contributed by atoms with Crippen molar-refractivity contribution < 1.29 is 4.74 Å². The van der Waals surface area contributed by atoms with Gasteiger partial charge in [-0.15, -0.1) is 5.10 Å². The SMILES string of the molecule is CNc1nn(N(C)c2nn(C)c3ccccc23)c2cccc(OC)c12. The summed E-state index contributed by atoms with van der Waals surface area (Å²) in [5.41, 5.74) is 2.02. The number of hydrogen-bond acceptors (Lipinski definition) is 5. The summed E-state index contributed by atoms with van der Waals surface area (Å²) in [7, 11) is 7.43. The molecular formula is C18H20N6O. The highest BCUT2D eigenvalue weighted by Gasteiger charge is 2.20. The Kier molecular flexibility index (Phi) is 3.49. The number of para-hydroxylation sites is 1. The lowest BCUT2D eigenvalue weighted by Gasteiger charge is -2.17. The van der Waals surface area contributed by atoms with Crippen molar-refractivity contribution in [3.8, 4) is 5.75 Å². The standard InChI is InChI=1S/C18H20N6O/c1-19-17-16-14(10-7-11-15(16)25-4)24(20-17)23(3)18-12-8-5-6-9-13(12)22(2)21-18/h5-11H,1-4H3,(H,19,20). The lowest BCUT2D eigenvalue weighted by Crippen LogP contribution is -2.26. The molecule has 128 valence electrons. The summed E-state index contributed by atoms with van der Waals surface area (Å²) in [6.45, 7) is 0. The first-order chi connectivity index (χ1) is 12.2. The Hall–Kier alpha value is -3.22. The van der Waals surface area contributed by atoms with Gasteiger partial charge in [-0.25, -0.2) is 5.01 Å². The van der Waals surface area contributed by atoms with E-state index in [0.29, 0.717) is 0 Å². The van der Waals surface area contributed by atoms with E-state index in [-0.39, 0.29) is 0 Å². The normalized spacial score (nSPS) is 11.2. The van der Waals surface area contributed by atoms with Gasteiger partial charge < -0.3 is 10.1 Å². The molecule has 0 saturated carbocycles. The average Bonchev–Trinajstić information content (AvgIpc) is 3.19. The Bertz CT molecular complexity index is 1060. The number of benzene rings is 2. The van der Waals surface area contributed by atoms with Crippen LogP contribution in [0.5, 0.6) is 5.75 Å². The highest BCUT2D eigenvalue weighted by atomic mass is 16.5. The Morgan fingerprint density at radius 1 is 1.04 bits per heavy atom. The van der Waals surface area contributed by atoms with Crippen molar-refractivity contribution in [3.63, 3.8) is 0 Å². The minimum Gasteiger partial charge on any atom is -0.496 e. The van der Waals surface area contributed by atoms with E-state index in [1.165, 1.54) is 0 Å². The fraction of sp³-hybridized carbons (Fsp3) is 0.222. The predicted octanol–water partition coefficient (Wildman–Crippen LogP) is 2.87. The van der Waals surface area contributed by atoms with E-state index in [9.17, 15) is 0 Å². The first-order valence-corrected chi connectivity index (χ1v) is 8.05. The summed E-state index contributed by atoms with van der Waals surface area (Å²) in [4.78, 5) is 1.85. The number of ether oxygens (including phenoxy) is 1. The van der Waals surface area contributed by atoms with E-state index in [1.54, 1.807) is 7.11 Å². The van der Waals surface area contributed by atoms with Gasteiger partial charge in [-0.1, -0.05) is 18.2 Å². The summed E-state index contributed by atoms with van der Waals surface area (Å²) in [6, 6.07) is 14.1. The van der Waals surface area contributed by atoms with Crippen LogP contribution in [-0.2, 0) is 7.05 Å². The highest BCUT2D eigenvalue weighted by Crippen LogP contribution is 2.33. The topological polar surface area (TPSA) is 60.1 Å². The van der Waals surface area contributed by atoms with Crippen LogP contribution in [0.1, 0.15) is 0 Å². The first-order valence-electron chi connectivity index (χ1n) is 8.05. The van der Waals surface area contributed by atoms with E-state index in [2.05, 4.69) is 22.5 Å². The van der Waals surface area contributed by atoms with E-state index < -0.39 is 0 Å². The van der Waals surface area contributed by atoms with Gasteiger partial charge in [-0.05, 0) is 24.3 Å². The molecule has 0 radical (unpaired) electrons. The second kappa shape index (κ2) is 5.70. The van der Waals surface area contributed by atoms with Crippen LogP contribution in [0, 0.1) is 0 Å². The van der Waals surface area contributed by atoms with Crippen LogP contribution in [0.4, 0.5) is 11.6 Å². The van der Waals surface area contributed by atoms with Gasteiger partial charge in [0, 0.05) is 26.5 Å².